The average molecular weight is 256 g/mol. The van der Waals surface area contributed by atoms with Gasteiger partial charge in [0, 0.05) is 30.2 Å². The van der Waals surface area contributed by atoms with Crippen molar-refractivity contribution < 1.29 is 0 Å². The molecule has 0 bridgehead atoms. The lowest BCUT2D eigenvalue weighted by Gasteiger charge is -2.18. The van der Waals surface area contributed by atoms with Crippen LogP contribution in [0.3, 0.4) is 0 Å². The summed E-state index contributed by atoms with van der Waals surface area (Å²) in [5, 5.41) is 1.36. The largest absolute Gasteiger partial charge is 0.350 e. The van der Waals surface area contributed by atoms with Crippen molar-refractivity contribution in [1.82, 2.24) is 4.57 Å². The first kappa shape index (κ1) is 12.7. The van der Waals surface area contributed by atoms with Crippen molar-refractivity contribution in [1.29, 1.82) is 0 Å². The Kier molecular flexibility index (Phi) is 3.36. The zero-order chi connectivity index (χ0) is 13.4. The van der Waals surface area contributed by atoms with Crippen LogP contribution in [0.4, 0.5) is 0 Å². The number of benzene rings is 1. The fourth-order valence-corrected chi connectivity index (χ4v) is 3.53. The Morgan fingerprint density at radius 2 is 2.05 bits per heavy atom. The zero-order valence-corrected chi connectivity index (χ0v) is 12.0. The SMILES string of the molecule is CCc1ccc2c(c1)c(C(N)C1CCCC1)cn2C. The van der Waals surface area contributed by atoms with Gasteiger partial charge in [0.2, 0.25) is 0 Å². The molecule has 0 saturated heterocycles. The van der Waals surface area contributed by atoms with Crippen LogP contribution in [0.15, 0.2) is 24.4 Å². The van der Waals surface area contributed by atoms with Crippen molar-refractivity contribution in [2.24, 2.45) is 18.7 Å². The van der Waals surface area contributed by atoms with Crippen molar-refractivity contribution in [2.45, 2.75) is 45.1 Å². The molecule has 2 aromatic rings. The fraction of sp³-hybridized carbons (Fsp3) is 0.529. The molecule has 2 N–H and O–H groups in total. The van der Waals surface area contributed by atoms with Crippen molar-refractivity contribution in [3.05, 3.63) is 35.5 Å². The van der Waals surface area contributed by atoms with Crippen LogP contribution in [-0.4, -0.2) is 4.57 Å². The highest BCUT2D eigenvalue weighted by molar-refractivity contribution is 5.85. The van der Waals surface area contributed by atoms with Gasteiger partial charge in [0.1, 0.15) is 0 Å². The van der Waals surface area contributed by atoms with Gasteiger partial charge in [-0.05, 0) is 48.4 Å². The Bertz CT molecular complexity index is 576. The molecule has 1 heterocycles. The maximum Gasteiger partial charge on any atom is 0.0481 e. The number of hydrogen-bond donors (Lipinski definition) is 1. The molecular formula is C17H24N2. The van der Waals surface area contributed by atoms with Crippen molar-refractivity contribution in [3.8, 4) is 0 Å². The second-order valence-electron chi connectivity index (χ2n) is 5.97. The highest BCUT2D eigenvalue weighted by atomic mass is 14.9. The smallest absolute Gasteiger partial charge is 0.0481 e. The van der Waals surface area contributed by atoms with Gasteiger partial charge in [-0.1, -0.05) is 25.8 Å². The van der Waals surface area contributed by atoms with Gasteiger partial charge in [0.05, 0.1) is 0 Å². The summed E-state index contributed by atoms with van der Waals surface area (Å²) >= 11 is 0. The predicted octanol–water partition coefficient (Wildman–Crippen LogP) is 3.93. The molecular weight excluding hydrogens is 232 g/mol. The highest BCUT2D eigenvalue weighted by Crippen LogP contribution is 2.37. The molecule has 1 unspecified atom stereocenters. The third-order valence-electron chi connectivity index (χ3n) is 4.76. The molecule has 1 fully saturated rings. The van der Waals surface area contributed by atoms with E-state index in [1.54, 1.807) is 0 Å². The summed E-state index contributed by atoms with van der Waals surface area (Å²) in [6, 6.07) is 7.00. The van der Waals surface area contributed by atoms with Gasteiger partial charge in [0.15, 0.2) is 0 Å². The normalized spacial score (nSPS) is 18.3. The molecule has 19 heavy (non-hydrogen) atoms. The lowest BCUT2D eigenvalue weighted by atomic mass is 9.92. The van der Waals surface area contributed by atoms with Gasteiger partial charge >= 0.3 is 0 Å². The number of nitrogens with two attached hydrogens (primary N) is 1. The first-order valence-corrected chi connectivity index (χ1v) is 7.54. The maximum atomic E-state index is 6.56. The Morgan fingerprint density at radius 1 is 1.32 bits per heavy atom. The average Bonchev–Trinajstić information content (AvgIpc) is 3.06. The molecule has 1 aliphatic carbocycles. The number of fused-ring (bicyclic) bond motifs is 1. The Hall–Kier alpha value is -1.28. The van der Waals surface area contributed by atoms with Crippen molar-refractivity contribution >= 4 is 10.9 Å². The second kappa shape index (κ2) is 5.01. The van der Waals surface area contributed by atoms with Crippen molar-refractivity contribution in [2.75, 3.05) is 0 Å². The molecule has 3 rings (SSSR count). The molecule has 102 valence electrons. The van der Waals surface area contributed by atoms with Crippen LogP contribution < -0.4 is 5.73 Å². The summed E-state index contributed by atoms with van der Waals surface area (Å²) in [4.78, 5) is 0. The number of hydrogen-bond acceptors (Lipinski definition) is 1. The standard InChI is InChI=1S/C17H24N2/c1-3-12-8-9-16-14(10-12)15(11-19(16)2)17(18)13-6-4-5-7-13/h8-11,13,17H,3-7,18H2,1-2H3. The molecule has 1 aromatic carbocycles. The van der Waals surface area contributed by atoms with E-state index in [1.165, 1.54) is 47.7 Å². The summed E-state index contributed by atoms with van der Waals surface area (Å²) in [5.74, 6) is 0.677. The lowest BCUT2D eigenvalue weighted by molar-refractivity contribution is 0.446. The Labute approximate surface area is 115 Å². The van der Waals surface area contributed by atoms with E-state index in [0.29, 0.717) is 5.92 Å². The Balaban J connectivity index is 2.06. The van der Waals surface area contributed by atoms with Gasteiger partial charge in [-0.3, -0.25) is 0 Å². The minimum absolute atomic E-state index is 0.207. The van der Waals surface area contributed by atoms with E-state index in [-0.39, 0.29) is 6.04 Å². The van der Waals surface area contributed by atoms with Gasteiger partial charge in [-0.2, -0.15) is 0 Å². The fourth-order valence-electron chi connectivity index (χ4n) is 3.53. The van der Waals surface area contributed by atoms with E-state index in [0.717, 1.165) is 6.42 Å². The van der Waals surface area contributed by atoms with E-state index >= 15 is 0 Å². The second-order valence-corrected chi connectivity index (χ2v) is 5.97. The maximum absolute atomic E-state index is 6.56. The predicted molar refractivity (Wildman–Crippen MR) is 81.2 cm³/mol. The minimum atomic E-state index is 0.207. The van der Waals surface area contributed by atoms with Gasteiger partial charge < -0.3 is 10.3 Å². The molecule has 0 radical (unpaired) electrons. The molecule has 0 amide bonds. The van der Waals surface area contributed by atoms with E-state index in [2.05, 4.69) is 42.9 Å². The summed E-state index contributed by atoms with van der Waals surface area (Å²) in [5.41, 5.74) is 10.6. The number of rotatable bonds is 3. The van der Waals surface area contributed by atoms with E-state index in [9.17, 15) is 0 Å². The topological polar surface area (TPSA) is 30.9 Å². The molecule has 0 aliphatic heterocycles. The molecule has 1 saturated carbocycles. The molecule has 2 heteroatoms. The van der Waals surface area contributed by atoms with Crippen LogP contribution in [0, 0.1) is 5.92 Å². The van der Waals surface area contributed by atoms with Crippen LogP contribution in [0.25, 0.3) is 10.9 Å². The number of nitrogens with zero attached hydrogens (tertiary/aromatic N) is 1. The Morgan fingerprint density at radius 3 is 2.74 bits per heavy atom. The minimum Gasteiger partial charge on any atom is -0.350 e. The first-order valence-electron chi connectivity index (χ1n) is 7.54. The van der Waals surface area contributed by atoms with Crippen LogP contribution in [0.2, 0.25) is 0 Å². The molecule has 1 aromatic heterocycles. The highest BCUT2D eigenvalue weighted by Gasteiger charge is 2.25. The van der Waals surface area contributed by atoms with Crippen LogP contribution in [-0.2, 0) is 13.5 Å². The third kappa shape index (κ3) is 2.18. The summed E-state index contributed by atoms with van der Waals surface area (Å²) in [7, 11) is 2.12. The summed E-state index contributed by atoms with van der Waals surface area (Å²) in [6.45, 7) is 2.21. The van der Waals surface area contributed by atoms with E-state index in [4.69, 9.17) is 5.73 Å². The number of aromatic nitrogens is 1. The monoisotopic (exact) mass is 256 g/mol. The lowest BCUT2D eigenvalue weighted by Crippen LogP contribution is -2.18. The molecule has 1 atom stereocenters. The first-order chi connectivity index (χ1) is 9.20. The quantitative estimate of drug-likeness (QED) is 0.886. The van der Waals surface area contributed by atoms with Crippen LogP contribution in [0.1, 0.15) is 49.8 Å². The van der Waals surface area contributed by atoms with Crippen LogP contribution in [0.5, 0.6) is 0 Å². The van der Waals surface area contributed by atoms with Gasteiger partial charge in [-0.25, -0.2) is 0 Å². The molecule has 0 spiro atoms. The number of aryl methyl sites for hydroxylation is 2. The zero-order valence-electron chi connectivity index (χ0n) is 12.0. The van der Waals surface area contributed by atoms with E-state index in [1.807, 2.05) is 0 Å². The summed E-state index contributed by atoms with van der Waals surface area (Å²) < 4.78 is 2.22. The van der Waals surface area contributed by atoms with Gasteiger partial charge in [0.25, 0.3) is 0 Å². The third-order valence-corrected chi connectivity index (χ3v) is 4.76. The molecule has 1 aliphatic rings. The van der Waals surface area contributed by atoms with Crippen molar-refractivity contribution in [3.63, 3.8) is 0 Å². The van der Waals surface area contributed by atoms with Gasteiger partial charge in [-0.15, -0.1) is 0 Å². The van der Waals surface area contributed by atoms with E-state index < -0.39 is 0 Å². The van der Waals surface area contributed by atoms with Crippen LogP contribution >= 0.6 is 0 Å². The molecule has 2 nitrogen and oxygen atoms in total. The summed E-state index contributed by atoms with van der Waals surface area (Å²) in [6.07, 6.45) is 8.62.